The first-order chi connectivity index (χ1) is 41.9. The van der Waals surface area contributed by atoms with E-state index in [2.05, 4.69) is 349 Å². The third kappa shape index (κ3) is 9.17. The third-order valence-corrected chi connectivity index (χ3v) is 16.2. The maximum Gasteiger partial charge on any atom is 0.0726 e. The van der Waals surface area contributed by atoms with Crippen LogP contribution in [0.5, 0.6) is 0 Å². The molecular weight excluding hydrogens is 1020 g/mol. The van der Waals surface area contributed by atoms with Crippen molar-refractivity contribution >= 4 is 38.9 Å². The zero-order valence-corrected chi connectivity index (χ0v) is 46.6. The highest BCUT2D eigenvalue weighted by Crippen LogP contribution is 2.63. The molecule has 0 bridgehead atoms. The standard InChI is InChI=1S/C83H48N2/c1-4-5-6-7-8-9-10-11-12-13-14-16-27-60-50-58(2)51-65(54-60)66-52-59(3)53-70(55-66)85-81-37-26-22-33-75(81)76-48-42-64(56-82(76)85)63-40-45-68(46-41-63)84(67-43-38-62(39-44-67)61-28-17-15-18-29-61)69-47-49-74-73-32-21-25-36-79(73)83(80(74)57-69)77-34-23-19-30-71(77)72-31-20-24-35-78(72)83/h1,15,17-26,28-57H,2-3H3. The second-order valence-corrected chi connectivity index (χ2v) is 21.3. The number of fused-ring (bicyclic) bond motifs is 13. The Kier molecular flexibility index (Phi) is 13.1. The summed E-state index contributed by atoms with van der Waals surface area (Å²) >= 11 is 0. The number of aromatic nitrogens is 1. The second kappa shape index (κ2) is 21.8. The lowest BCUT2D eigenvalue weighted by Crippen LogP contribution is -2.26. The van der Waals surface area contributed by atoms with Crippen molar-refractivity contribution in [3.05, 3.63) is 288 Å². The number of anilines is 3. The highest BCUT2D eigenvalue weighted by atomic mass is 15.1. The van der Waals surface area contributed by atoms with Crippen LogP contribution >= 0.6 is 0 Å². The monoisotopic (exact) mass is 1070 g/mol. The van der Waals surface area contributed by atoms with Gasteiger partial charge in [-0.05, 0) is 247 Å². The van der Waals surface area contributed by atoms with Crippen molar-refractivity contribution < 1.29 is 0 Å². The highest BCUT2D eigenvalue weighted by molar-refractivity contribution is 6.10. The maximum absolute atomic E-state index is 5.10. The lowest BCUT2D eigenvalue weighted by Gasteiger charge is -2.32. The van der Waals surface area contributed by atoms with E-state index in [1.54, 1.807) is 0 Å². The molecule has 2 heteroatoms. The number of nitrogens with zero attached hydrogens (tertiary/aromatic N) is 2. The minimum Gasteiger partial charge on any atom is -0.310 e. The van der Waals surface area contributed by atoms with Crippen molar-refractivity contribution in [2.45, 2.75) is 19.3 Å². The summed E-state index contributed by atoms with van der Waals surface area (Å²) in [5.41, 5.74) is 26.5. The lowest BCUT2D eigenvalue weighted by molar-refractivity contribution is 0.793. The summed E-state index contributed by atoms with van der Waals surface area (Å²) in [6.07, 6.45) is 5.10. The summed E-state index contributed by atoms with van der Waals surface area (Å²) in [6, 6.07) is 91.8. The van der Waals surface area contributed by atoms with Crippen LogP contribution in [0.4, 0.5) is 17.1 Å². The van der Waals surface area contributed by atoms with Crippen molar-refractivity contribution in [1.82, 2.24) is 4.57 Å². The molecule has 2 aliphatic rings. The van der Waals surface area contributed by atoms with Gasteiger partial charge in [0, 0.05) is 39.1 Å². The number of rotatable bonds is 7. The number of para-hydroxylation sites is 1. The zero-order valence-electron chi connectivity index (χ0n) is 46.6. The van der Waals surface area contributed by atoms with Gasteiger partial charge >= 0.3 is 0 Å². The van der Waals surface area contributed by atoms with Gasteiger partial charge in [-0.25, -0.2) is 0 Å². The van der Waals surface area contributed by atoms with Gasteiger partial charge in [0.25, 0.3) is 0 Å². The van der Waals surface area contributed by atoms with Gasteiger partial charge in [-0.2, -0.15) is 0 Å². The fourth-order valence-electron chi connectivity index (χ4n) is 12.8. The Bertz CT molecular complexity index is 5120. The number of hydrogen-bond donors (Lipinski definition) is 0. The van der Waals surface area contributed by atoms with Crippen LogP contribution in [0, 0.1) is 97.2 Å². The van der Waals surface area contributed by atoms with Gasteiger partial charge in [-0.3, -0.25) is 0 Å². The molecule has 85 heavy (non-hydrogen) atoms. The van der Waals surface area contributed by atoms with E-state index in [-0.39, 0.29) is 0 Å². The van der Waals surface area contributed by atoms with E-state index in [4.69, 9.17) is 6.42 Å². The van der Waals surface area contributed by atoms with Crippen molar-refractivity contribution in [3.63, 3.8) is 0 Å². The van der Waals surface area contributed by atoms with Gasteiger partial charge in [0.15, 0.2) is 0 Å². The average molecular weight is 1070 g/mol. The maximum atomic E-state index is 5.10. The van der Waals surface area contributed by atoms with Crippen molar-refractivity contribution in [1.29, 1.82) is 0 Å². The van der Waals surface area contributed by atoms with Crippen LogP contribution in [0.1, 0.15) is 38.9 Å². The van der Waals surface area contributed by atoms with Crippen molar-refractivity contribution in [2.24, 2.45) is 0 Å². The summed E-state index contributed by atoms with van der Waals surface area (Å²) < 4.78 is 2.41. The Morgan fingerprint density at radius 3 is 1.42 bits per heavy atom. The first kappa shape index (κ1) is 51.1. The Morgan fingerprint density at radius 2 is 0.800 bits per heavy atom. The number of aryl methyl sites for hydroxylation is 2. The molecule has 14 rings (SSSR count). The minimum absolute atomic E-state index is 0.468. The number of terminal acetylenes is 1. The second-order valence-electron chi connectivity index (χ2n) is 21.3. The summed E-state index contributed by atoms with van der Waals surface area (Å²) in [7, 11) is 0. The van der Waals surface area contributed by atoms with E-state index >= 15 is 0 Å². The molecule has 0 atom stereocenters. The van der Waals surface area contributed by atoms with Crippen LogP contribution in [-0.4, -0.2) is 4.57 Å². The Morgan fingerprint density at radius 1 is 0.329 bits per heavy atom. The summed E-state index contributed by atoms with van der Waals surface area (Å²) in [5.74, 6) is 34.6. The molecule has 12 aromatic rings. The molecule has 0 aliphatic heterocycles. The third-order valence-electron chi connectivity index (χ3n) is 16.2. The van der Waals surface area contributed by atoms with Crippen LogP contribution in [0.25, 0.3) is 83.1 Å². The van der Waals surface area contributed by atoms with E-state index in [1.165, 1.54) is 66.4 Å². The summed E-state index contributed by atoms with van der Waals surface area (Å²) in [5, 5.41) is 2.39. The van der Waals surface area contributed by atoms with Gasteiger partial charge in [-0.15, -0.1) is 6.42 Å². The Labute approximate surface area is 497 Å². The van der Waals surface area contributed by atoms with E-state index in [0.29, 0.717) is 0 Å². The fraction of sp³-hybridized carbons (Fsp3) is 0.0361. The number of benzene rings is 11. The van der Waals surface area contributed by atoms with Crippen LogP contribution in [0.3, 0.4) is 0 Å². The zero-order chi connectivity index (χ0) is 57.3. The van der Waals surface area contributed by atoms with Crippen LogP contribution in [0.2, 0.25) is 0 Å². The van der Waals surface area contributed by atoms with E-state index in [9.17, 15) is 0 Å². The first-order valence-corrected chi connectivity index (χ1v) is 28.2. The normalized spacial score (nSPS) is 11.4. The summed E-state index contributed by atoms with van der Waals surface area (Å²) in [6.45, 7) is 4.26. The molecule has 0 radical (unpaired) electrons. The Hall–Kier alpha value is -12.1. The van der Waals surface area contributed by atoms with Gasteiger partial charge in [0.05, 0.1) is 16.4 Å². The van der Waals surface area contributed by atoms with Crippen LogP contribution < -0.4 is 4.90 Å². The molecule has 390 valence electrons. The predicted octanol–water partition coefficient (Wildman–Crippen LogP) is 18.2. The van der Waals surface area contributed by atoms with E-state index < -0.39 is 5.41 Å². The van der Waals surface area contributed by atoms with Gasteiger partial charge in [0.1, 0.15) is 0 Å². The highest BCUT2D eigenvalue weighted by Gasteiger charge is 2.51. The van der Waals surface area contributed by atoms with Crippen LogP contribution in [-0.2, 0) is 5.41 Å². The molecule has 0 saturated carbocycles. The molecule has 0 amide bonds. The topological polar surface area (TPSA) is 8.17 Å². The molecule has 2 nitrogen and oxygen atoms in total. The number of hydrogen-bond acceptors (Lipinski definition) is 1. The van der Waals surface area contributed by atoms with Crippen LogP contribution in [0.15, 0.2) is 249 Å². The van der Waals surface area contributed by atoms with E-state index in [0.717, 1.165) is 72.7 Å². The summed E-state index contributed by atoms with van der Waals surface area (Å²) in [4.78, 5) is 2.42. The molecule has 1 spiro atoms. The molecule has 1 aromatic heterocycles. The van der Waals surface area contributed by atoms with E-state index in [1.807, 2.05) is 0 Å². The Balaban J connectivity index is 0.838. The molecule has 0 fully saturated rings. The minimum atomic E-state index is -0.468. The predicted molar refractivity (Wildman–Crippen MR) is 352 cm³/mol. The lowest BCUT2D eigenvalue weighted by atomic mass is 9.70. The quantitative estimate of drug-likeness (QED) is 0.144. The first-order valence-electron chi connectivity index (χ1n) is 28.2. The average Bonchev–Trinajstić information content (AvgIpc) is 1.53. The molecule has 2 aliphatic carbocycles. The van der Waals surface area contributed by atoms with Gasteiger partial charge < -0.3 is 9.47 Å². The molecule has 0 unspecified atom stereocenters. The molecule has 1 heterocycles. The smallest absolute Gasteiger partial charge is 0.0726 e. The molecular formula is C83H48N2. The largest absolute Gasteiger partial charge is 0.310 e. The van der Waals surface area contributed by atoms with Gasteiger partial charge in [-0.1, -0.05) is 182 Å². The molecule has 11 aromatic carbocycles. The van der Waals surface area contributed by atoms with Crippen molar-refractivity contribution in [2.75, 3.05) is 4.90 Å². The van der Waals surface area contributed by atoms with Gasteiger partial charge in [0.2, 0.25) is 0 Å². The SMILES string of the molecule is C#CC#CC#CC#CC#CC#CC#Cc1cc(C)cc(-c2cc(C)cc(-n3c4ccccc4c4ccc(-c5ccc(N(c6ccc(-c7ccccc7)cc6)c6ccc7c(c6)C6(c8ccccc8-c8ccccc86)c6ccccc6-7)cc5)cc43)c2)c1. The molecule has 0 saturated heterocycles. The molecule has 0 N–H and O–H groups in total. The van der Waals surface area contributed by atoms with Crippen molar-refractivity contribution in [3.8, 4) is 145 Å². The fourth-order valence-corrected chi connectivity index (χ4v) is 12.8.